The van der Waals surface area contributed by atoms with E-state index in [0.29, 0.717) is 23.4 Å². The van der Waals surface area contributed by atoms with E-state index in [1.165, 1.54) is 6.42 Å². The van der Waals surface area contributed by atoms with Crippen LogP contribution in [0, 0.1) is 19.3 Å². The molecule has 5 nitrogen and oxygen atoms in total. The summed E-state index contributed by atoms with van der Waals surface area (Å²) in [5.41, 5.74) is 0.335. The predicted molar refractivity (Wildman–Crippen MR) is 94.6 cm³/mol. The van der Waals surface area contributed by atoms with Crippen LogP contribution < -0.4 is 5.32 Å². The van der Waals surface area contributed by atoms with E-state index in [0.717, 1.165) is 42.5 Å². The van der Waals surface area contributed by atoms with Gasteiger partial charge in [-0.2, -0.15) is 4.31 Å². The number of nitrogens with one attached hydrogen (secondary N) is 1. The maximum Gasteiger partial charge on any atom is 0.244 e. The number of hydrogen-bond acceptors (Lipinski definition) is 5. The molecule has 0 spiro atoms. The molecule has 1 atom stereocenters. The first-order valence-electron chi connectivity index (χ1n) is 8.30. The number of hydrogen-bond donors (Lipinski definition) is 1. The Bertz CT molecular complexity index is 655. The lowest BCUT2D eigenvalue weighted by Crippen LogP contribution is -2.51. The minimum Gasteiger partial charge on any atom is -0.316 e. The first-order valence-corrected chi connectivity index (χ1v) is 10.6. The molecule has 0 saturated carbocycles. The molecule has 0 bridgehead atoms. The van der Waals surface area contributed by atoms with E-state index in [1.807, 2.05) is 19.9 Å². The van der Waals surface area contributed by atoms with E-state index < -0.39 is 10.0 Å². The third-order valence-corrected chi connectivity index (χ3v) is 8.13. The van der Waals surface area contributed by atoms with Gasteiger partial charge in [0, 0.05) is 49.0 Å². The van der Waals surface area contributed by atoms with Crippen molar-refractivity contribution in [1.82, 2.24) is 14.5 Å². The van der Waals surface area contributed by atoms with Crippen LogP contribution in [0.25, 0.3) is 0 Å². The summed E-state index contributed by atoms with van der Waals surface area (Å²) in [7, 11) is -3.33. The maximum absolute atomic E-state index is 12.8. The average molecular weight is 358 g/mol. The van der Waals surface area contributed by atoms with Crippen LogP contribution in [0.15, 0.2) is 11.0 Å². The molecule has 1 aromatic rings. The van der Waals surface area contributed by atoms with Crippen molar-refractivity contribution in [2.75, 3.05) is 45.8 Å². The van der Waals surface area contributed by atoms with Gasteiger partial charge in [-0.3, -0.25) is 0 Å². The third kappa shape index (κ3) is 3.64. The van der Waals surface area contributed by atoms with Gasteiger partial charge >= 0.3 is 0 Å². The van der Waals surface area contributed by atoms with E-state index in [1.54, 1.807) is 15.6 Å². The zero-order valence-electron chi connectivity index (χ0n) is 14.3. The van der Waals surface area contributed by atoms with E-state index in [9.17, 15) is 8.42 Å². The molecule has 2 saturated heterocycles. The molecule has 130 valence electrons. The zero-order valence-corrected chi connectivity index (χ0v) is 15.9. The zero-order chi connectivity index (χ0) is 16.7. The van der Waals surface area contributed by atoms with Gasteiger partial charge in [-0.05, 0) is 38.3 Å². The molecule has 23 heavy (non-hydrogen) atoms. The fraction of sp³-hybridized carbons (Fsp3) is 0.750. The van der Waals surface area contributed by atoms with Crippen LogP contribution in [0.1, 0.15) is 23.1 Å². The molecule has 2 aliphatic heterocycles. The number of aryl methyl sites for hydroxylation is 2. The quantitative estimate of drug-likeness (QED) is 0.891. The Morgan fingerprint density at radius 2 is 1.96 bits per heavy atom. The van der Waals surface area contributed by atoms with Gasteiger partial charge in [-0.1, -0.05) is 6.92 Å². The molecule has 1 unspecified atom stereocenters. The van der Waals surface area contributed by atoms with Crippen LogP contribution in [0.3, 0.4) is 0 Å². The Balaban J connectivity index is 1.63. The Kier molecular flexibility index (Phi) is 4.86. The number of rotatable bonds is 4. The molecular weight excluding hydrogens is 330 g/mol. The lowest BCUT2D eigenvalue weighted by Gasteiger charge is -2.38. The standard InChI is InChI=1S/C16H27N3O2S2/c1-13-10-15(14(2)22-13)23(20,21)19-8-6-18(7-9-19)12-16(3)4-5-17-11-16/h10,17H,4-9,11-12H2,1-3H3. The molecule has 1 N–H and O–H groups in total. The topological polar surface area (TPSA) is 52.7 Å². The molecule has 0 radical (unpaired) electrons. The van der Waals surface area contributed by atoms with Gasteiger partial charge in [-0.15, -0.1) is 11.3 Å². The minimum atomic E-state index is -3.33. The van der Waals surface area contributed by atoms with Gasteiger partial charge in [0.2, 0.25) is 10.0 Å². The van der Waals surface area contributed by atoms with Gasteiger partial charge in [0.05, 0.1) is 4.90 Å². The third-order valence-electron chi connectivity index (χ3n) is 5.01. The molecule has 2 fully saturated rings. The fourth-order valence-electron chi connectivity index (χ4n) is 3.67. The second-order valence-electron chi connectivity index (χ2n) is 7.20. The summed E-state index contributed by atoms with van der Waals surface area (Å²) < 4.78 is 27.3. The lowest BCUT2D eigenvalue weighted by atomic mass is 9.89. The Morgan fingerprint density at radius 1 is 1.26 bits per heavy atom. The number of piperazine rings is 1. The van der Waals surface area contributed by atoms with Crippen molar-refractivity contribution in [3.8, 4) is 0 Å². The highest BCUT2D eigenvalue weighted by atomic mass is 32.2. The van der Waals surface area contributed by atoms with Crippen LogP contribution in [0.2, 0.25) is 0 Å². The van der Waals surface area contributed by atoms with Crippen molar-refractivity contribution in [3.63, 3.8) is 0 Å². The van der Waals surface area contributed by atoms with E-state index in [2.05, 4.69) is 17.1 Å². The second-order valence-corrected chi connectivity index (χ2v) is 10.6. The van der Waals surface area contributed by atoms with Gasteiger partial charge < -0.3 is 10.2 Å². The Hall–Kier alpha value is -0.470. The minimum absolute atomic E-state index is 0.335. The van der Waals surface area contributed by atoms with Crippen molar-refractivity contribution in [3.05, 3.63) is 15.8 Å². The van der Waals surface area contributed by atoms with E-state index >= 15 is 0 Å². The summed E-state index contributed by atoms with van der Waals surface area (Å²) in [4.78, 5) is 4.88. The van der Waals surface area contributed by atoms with Crippen molar-refractivity contribution in [2.45, 2.75) is 32.1 Å². The van der Waals surface area contributed by atoms with Crippen LogP contribution in [0.4, 0.5) is 0 Å². The van der Waals surface area contributed by atoms with Crippen LogP contribution in [-0.2, 0) is 10.0 Å². The van der Waals surface area contributed by atoms with Crippen LogP contribution >= 0.6 is 11.3 Å². The Labute approximate surface area is 143 Å². The summed E-state index contributed by atoms with van der Waals surface area (Å²) in [5, 5.41) is 3.43. The summed E-state index contributed by atoms with van der Waals surface area (Å²) in [6.07, 6.45) is 1.21. The molecule has 7 heteroatoms. The normalized spacial score (nSPS) is 27.6. The molecule has 0 aliphatic carbocycles. The van der Waals surface area contributed by atoms with E-state index in [4.69, 9.17) is 0 Å². The highest BCUT2D eigenvalue weighted by Gasteiger charge is 2.34. The molecule has 2 aliphatic rings. The summed E-state index contributed by atoms with van der Waals surface area (Å²) in [6.45, 7) is 12.3. The highest BCUT2D eigenvalue weighted by Crippen LogP contribution is 2.29. The first-order chi connectivity index (χ1) is 10.8. The van der Waals surface area contributed by atoms with Crippen LogP contribution in [0.5, 0.6) is 0 Å². The average Bonchev–Trinajstić information content (AvgIpc) is 3.05. The Morgan fingerprint density at radius 3 is 2.48 bits per heavy atom. The molecular formula is C16H27N3O2S2. The van der Waals surface area contributed by atoms with Gasteiger partial charge in [0.15, 0.2) is 0 Å². The molecule has 0 aromatic carbocycles. The number of sulfonamides is 1. The molecule has 1 aromatic heterocycles. The number of nitrogens with zero attached hydrogens (tertiary/aromatic N) is 2. The highest BCUT2D eigenvalue weighted by molar-refractivity contribution is 7.89. The van der Waals surface area contributed by atoms with Gasteiger partial charge in [0.25, 0.3) is 0 Å². The fourth-order valence-corrected chi connectivity index (χ4v) is 6.62. The molecule has 3 heterocycles. The summed E-state index contributed by atoms with van der Waals surface area (Å²) >= 11 is 1.56. The smallest absolute Gasteiger partial charge is 0.244 e. The van der Waals surface area contributed by atoms with Crippen molar-refractivity contribution >= 4 is 21.4 Å². The largest absolute Gasteiger partial charge is 0.316 e. The SMILES string of the molecule is Cc1cc(S(=O)(=O)N2CCN(CC3(C)CCNC3)CC2)c(C)s1. The van der Waals surface area contributed by atoms with Crippen LogP contribution in [-0.4, -0.2) is 63.4 Å². The molecule has 0 amide bonds. The summed E-state index contributed by atoms with van der Waals surface area (Å²) in [5.74, 6) is 0. The monoisotopic (exact) mass is 357 g/mol. The predicted octanol–water partition coefficient (Wildman–Crippen LogP) is 1.67. The maximum atomic E-state index is 12.8. The summed E-state index contributed by atoms with van der Waals surface area (Å²) in [6, 6.07) is 1.81. The van der Waals surface area contributed by atoms with Gasteiger partial charge in [-0.25, -0.2) is 8.42 Å². The van der Waals surface area contributed by atoms with Crippen molar-refractivity contribution < 1.29 is 8.42 Å². The van der Waals surface area contributed by atoms with Gasteiger partial charge in [0.1, 0.15) is 0 Å². The van der Waals surface area contributed by atoms with Crippen molar-refractivity contribution in [1.29, 1.82) is 0 Å². The number of thiophene rings is 1. The first kappa shape index (κ1) is 17.4. The van der Waals surface area contributed by atoms with Crippen molar-refractivity contribution in [2.24, 2.45) is 5.41 Å². The van der Waals surface area contributed by atoms with E-state index in [-0.39, 0.29) is 0 Å². The molecule has 3 rings (SSSR count). The second kappa shape index (κ2) is 6.44. The lowest BCUT2D eigenvalue weighted by molar-refractivity contribution is 0.132.